The first-order valence-electron chi connectivity index (χ1n) is 6.32. The van der Waals surface area contributed by atoms with Crippen LogP contribution in [0, 0.1) is 17.8 Å². The molecule has 0 aromatic rings. The molecular formula is C12H22N2. The second-order valence-corrected chi connectivity index (χ2v) is 5.56. The second kappa shape index (κ2) is 3.49. The Bertz CT molecular complexity index is 206. The van der Waals surface area contributed by atoms with Crippen LogP contribution in [0.5, 0.6) is 0 Å². The quantitative estimate of drug-likeness (QED) is 0.721. The monoisotopic (exact) mass is 194 g/mol. The van der Waals surface area contributed by atoms with Crippen LogP contribution in [-0.2, 0) is 0 Å². The molecule has 3 fully saturated rings. The van der Waals surface area contributed by atoms with Crippen molar-refractivity contribution >= 4 is 0 Å². The first-order valence-corrected chi connectivity index (χ1v) is 6.32. The maximum Gasteiger partial charge on any atom is 0.0136 e. The molecular weight excluding hydrogens is 172 g/mol. The standard InChI is InChI=1S/C12H22N2/c13-6-9-3-1-2-4-12(9)14-7-10-5-11(10)8-14/h9-12H,1-8,13H2. The van der Waals surface area contributed by atoms with Crippen molar-refractivity contribution in [3.05, 3.63) is 0 Å². The van der Waals surface area contributed by atoms with Crippen molar-refractivity contribution in [1.29, 1.82) is 0 Å². The highest BCUT2D eigenvalue weighted by Gasteiger charge is 2.47. The number of hydrogen-bond acceptors (Lipinski definition) is 2. The molecule has 0 spiro atoms. The van der Waals surface area contributed by atoms with Gasteiger partial charge in [-0.1, -0.05) is 12.8 Å². The fraction of sp³-hybridized carbons (Fsp3) is 1.00. The third-order valence-electron chi connectivity index (χ3n) is 4.65. The molecule has 2 heteroatoms. The van der Waals surface area contributed by atoms with Crippen molar-refractivity contribution in [2.45, 2.75) is 38.1 Å². The van der Waals surface area contributed by atoms with Gasteiger partial charge in [0.05, 0.1) is 0 Å². The van der Waals surface area contributed by atoms with Crippen LogP contribution in [-0.4, -0.2) is 30.6 Å². The van der Waals surface area contributed by atoms with Crippen LogP contribution in [0.3, 0.4) is 0 Å². The second-order valence-electron chi connectivity index (χ2n) is 5.56. The minimum Gasteiger partial charge on any atom is -0.330 e. The molecule has 2 aliphatic carbocycles. The summed E-state index contributed by atoms with van der Waals surface area (Å²) in [6, 6.07) is 0.849. The van der Waals surface area contributed by atoms with Crippen LogP contribution in [0.4, 0.5) is 0 Å². The van der Waals surface area contributed by atoms with Gasteiger partial charge in [-0.2, -0.15) is 0 Å². The van der Waals surface area contributed by atoms with Crippen LogP contribution in [0.25, 0.3) is 0 Å². The van der Waals surface area contributed by atoms with Gasteiger partial charge in [0.1, 0.15) is 0 Å². The van der Waals surface area contributed by atoms with E-state index in [1.165, 1.54) is 45.2 Å². The first-order chi connectivity index (χ1) is 6.88. The molecule has 1 heterocycles. The van der Waals surface area contributed by atoms with E-state index in [-0.39, 0.29) is 0 Å². The lowest BCUT2D eigenvalue weighted by molar-refractivity contribution is 0.120. The summed E-state index contributed by atoms with van der Waals surface area (Å²) in [5.41, 5.74) is 5.88. The molecule has 1 aliphatic heterocycles. The van der Waals surface area contributed by atoms with Gasteiger partial charge in [-0.3, -0.25) is 4.90 Å². The lowest BCUT2D eigenvalue weighted by atomic mass is 9.83. The van der Waals surface area contributed by atoms with E-state index in [0.717, 1.165) is 30.3 Å². The SMILES string of the molecule is NCC1CCCCC1N1CC2CC2C1. The normalized spacial score (nSPS) is 47.8. The highest BCUT2D eigenvalue weighted by molar-refractivity contribution is 5.00. The van der Waals surface area contributed by atoms with Crippen molar-refractivity contribution in [2.75, 3.05) is 19.6 Å². The predicted octanol–water partition coefficient (Wildman–Crippen LogP) is 1.46. The minimum absolute atomic E-state index is 0.807. The molecule has 4 unspecified atom stereocenters. The third-order valence-corrected chi connectivity index (χ3v) is 4.65. The fourth-order valence-corrected chi connectivity index (χ4v) is 3.65. The van der Waals surface area contributed by atoms with Gasteiger partial charge in [0.15, 0.2) is 0 Å². The van der Waals surface area contributed by atoms with Gasteiger partial charge in [0.2, 0.25) is 0 Å². The number of piperidine rings is 1. The van der Waals surface area contributed by atoms with E-state index in [1.807, 2.05) is 0 Å². The molecule has 0 aromatic carbocycles. The molecule has 2 nitrogen and oxygen atoms in total. The lowest BCUT2D eigenvalue weighted by Gasteiger charge is -2.38. The first kappa shape index (κ1) is 9.17. The Balaban J connectivity index is 1.63. The van der Waals surface area contributed by atoms with E-state index in [2.05, 4.69) is 4.90 Å². The summed E-state index contributed by atoms with van der Waals surface area (Å²) in [4.78, 5) is 2.76. The molecule has 1 saturated heterocycles. The molecule has 2 saturated carbocycles. The highest BCUT2D eigenvalue weighted by atomic mass is 15.2. The largest absolute Gasteiger partial charge is 0.330 e. The summed E-state index contributed by atoms with van der Waals surface area (Å²) in [6.07, 6.45) is 7.18. The Morgan fingerprint density at radius 2 is 1.79 bits per heavy atom. The van der Waals surface area contributed by atoms with Gasteiger partial charge in [-0.25, -0.2) is 0 Å². The van der Waals surface area contributed by atoms with Crippen molar-refractivity contribution in [1.82, 2.24) is 4.90 Å². The maximum atomic E-state index is 5.88. The van der Waals surface area contributed by atoms with Crippen LogP contribution >= 0.6 is 0 Å². The van der Waals surface area contributed by atoms with Gasteiger partial charge in [0, 0.05) is 19.1 Å². The van der Waals surface area contributed by atoms with E-state index in [9.17, 15) is 0 Å². The van der Waals surface area contributed by atoms with Crippen molar-refractivity contribution in [3.63, 3.8) is 0 Å². The Morgan fingerprint density at radius 3 is 2.50 bits per heavy atom. The Morgan fingerprint density at radius 1 is 1.07 bits per heavy atom. The summed E-state index contributed by atoms with van der Waals surface area (Å²) in [5.74, 6) is 2.96. The van der Waals surface area contributed by atoms with Crippen LogP contribution in [0.1, 0.15) is 32.1 Å². The zero-order chi connectivity index (χ0) is 9.54. The van der Waals surface area contributed by atoms with Gasteiger partial charge >= 0.3 is 0 Å². The zero-order valence-electron chi connectivity index (χ0n) is 8.99. The summed E-state index contributed by atoms with van der Waals surface area (Å²) < 4.78 is 0. The number of fused-ring (bicyclic) bond motifs is 1. The van der Waals surface area contributed by atoms with E-state index >= 15 is 0 Å². The summed E-state index contributed by atoms with van der Waals surface area (Å²) in [5, 5.41) is 0. The molecule has 3 aliphatic rings. The maximum absolute atomic E-state index is 5.88. The number of nitrogens with two attached hydrogens (primary N) is 1. The smallest absolute Gasteiger partial charge is 0.0136 e. The predicted molar refractivity (Wildman–Crippen MR) is 58.0 cm³/mol. The highest BCUT2D eigenvalue weighted by Crippen LogP contribution is 2.47. The third kappa shape index (κ3) is 1.49. The van der Waals surface area contributed by atoms with Gasteiger partial charge in [-0.15, -0.1) is 0 Å². The van der Waals surface area contributed by atoms with Crippen molar-refractivity contribution in [3.8, 4) is 0 Å². The summed E-state index contributed by atoms with van der Waals surface area (Å²) >= 11 is 0. The lowest BCUT2D eigenvalue weighted by Crippen LogP contribution is -2.44. The molecule has 80 valence electrons. The number of nitrogens with zero attached hydrogens (tertiary/aromatic N) is 1. The van der Waals surface area contributed by atoms with Crippen molar-refractivity contribution < 1.29 is 0 Å². The van der Waals surface area contributed by atoms with E-state index in [0.29, 0.717) is 0 Å². The Labute approximate surface area is 86.8 Å². The molecule has 0 amide bonds. The van der Waals surface area contributed by atoms with E-state index in [4.69, 9.17) is 5.73 Å². The summed E-state index contributed by atoms with van der Waals surface area (Å²) in [7, 11) is 0. The van der Waals surface area contributed by atoms with Crippen molar-refractivity contribution in [2.24, 2.45) is 23.5 Å². The Kier molecular flexibility index (Phi) is 2.29. The molecule has 14 heavy (non-hydrogen) atoms. The van der Waals surface area contributed by atoms with E-state index in [1.54, 1.807) is 0 Å². The average molecular weight is 194 g/mol. The van der Waals surface area contributed by atoms with Crippen LogP contribution in [0.2, 0.25) is 0 Å². The molecule has 0 radical (unpaired) electrons. The molecule has 4 atom stereocenters. The average Bonchev–Trinajstić information content (AvgIpc) is 2.86. The molecule has 0 aromatic heterocycles. The topological polar surface area (TPSA) is 29.3 Å². The van der Waals surface area contributed by atoms with Crippen LogP contribution in [0.15, 0.2) is 0 Å². The number of rotatable bonds is 2. The van der Waals surface area contributed by atoms with Gasteiger partial charge in [0.25, 0.3) is 0 Å². The summed E-state index contributed by atoms with van der Waals surface area (Å²) in [6.45, 7) is 3.70. The Hall–Kier alpha value is -0.0800. The van der Waals surface area contributed by atoms with E-state index < -0.39 is 0 Å². The molecule has 0 bridgehead atoms. The minimum atomic E-state index is 0.807. The number of hydrogen-bond donors (Lipinski definition) is 1. The molecule has 3 rings (SSSR count). The number of likely N-dealkylation sites (tertiary alicyclic amines) is 1. The van der Waals surface area contributed by atoms with Gasteiger partial charge < -0.3 is 5.73 Å². The fourth-order valence-electron chi connectivity index (χ4n) is 3.65. The van der Waals surface area contributed by atoms with Crippen LogP contribution < -0.4 is 5.73 Å². The zero-order valence-corrected chi connectivity index (χ0v) is 8.99. The molecule has 2 N–H and O–H groups in total. The van der Waals surface area contributed by atoms with Gasteiger partial charge in [-0.05, 0) is 43.6 Å².